The van der Waals surface area contributed by atoms with Crippen LogP contribution in [0, 0.1) is 17.0 Å². The topological polar surface area (TPSA) is 108 Å². The van der Waals surface area contributed by atoms with Crippen LogP contribution in [0.5, 0.6) is 0 Å². The van der Waals surface area contributed by atoms with Crippen LogP contribution in [0.15, 0.2) is 67.0 Å². The molecule has 0 radical (unpaired) electrons. The van der Waals surface area contributed by atoms with E-state index in [1.165, 1.54) is 16.4 Å². The normalized spacial score (nSPS) is 10.8. The van der Waals surface area contributed by atoms with Crippen LogP contribution in [0.2, 0.25) is 5.02 Å². The highest BCUT2D eigenvalue weighted by Gasteiger charge is 2.19. The zero-order valence-corrected chi connectivity index (χ0v) is 17.9. The Kier molecular flexibility index (Phi) is 6.00. The van der Waals surface area contributed by atoms with Crippen LogP contribution in [-0.2, 0) is 13.1 Å². The average molecular weight is 451 g/mol. The Hall–Kier alpha value is -3.98. The van der Waals surface area contributed by atoms with Gasteiger partial charge in [-0.15, -0.1) is 0 Å². The van der Waals surface area contributed by atoms with Gasteiger partial charge >= 0.3 is 5.82 Å². The summed E-state index contributed by atoms with van der Waals surface area (Å²) < 4.78 is 3.15. The molecule has 0 unspecified atom stereocenters. The molecule has 1 amide bonds. The molecule has 2 heterocycles. The molecule has 32 heavy (non-hydrogen) atoms. The van der Waals surface area contributed by atoms with E-state index in [0.717, 1.165) is 11.1 Å². The smallest absolute Gasteiger partial charge is 0.358 e. The zero-order chi connectivity index (χ0) is 22.7. The minimum absolute atomic E-state index is 0.0205. The summed E-state index contributed by atoms with van der Waals surface area (Å²) in [7, 11) is 0. The number of anilines is 1. The summed E-state index contributed by atoms with van der Waals surface area (Å²) in [5.41, 5.74) is 3.59. The minimum Gasteiger partial charge on any atom is -0.358 e. The van der Waals surface area contributed by atoms with Crippen molar-refractivity contribution in [2.24, 2.45) is 0 Å². The number of aryl methyl sites for hydroxylation is 1. The van der Waals surface area contributed by atoms with E-state index >= 15 is 0 Å². The number of benzene rings is 2. The highest BCUT2D eigenvalue weighted by Crippen LogP contribution is 2.22. The first-order chi connectivity index (χ1) is 15.4. The first-order valence-corrected chi connectivity index (χ1v) is 10.1. The number of halogens is 1. The number of nitro groups is 1. The van der Waals surface area contributed by atoms with E-state index in [0.29, 0.717) is 24.5 Å². The van der Waals surface area contributed by atoms with Gasteiger partial charge in [0.1, 0.15) is 0 Å². The van der Waals surface area contributed by atoms with E-state index in [2.05, 4.69) is 21.6 Å². The Bertz CT molecular complexity index is 1280. The molecule has 0 aliphatic rings. The van der Waals surface area contributed by atoms with Crippen molar-refractivity contribution in [3.63, 3.8) is 0 Å². The van der Waals surface area contributed by atoms with Gasteiger partial charge in [0, 0.05) is 17.8 Å². The molecule has 2 aromatic carbocycles. The number of carbonyl (C=O) groups is 1. The summed E-state index contributed by atoms with van der Waals surface area (Å²) in [5.74, 6) is -0.204. The number of hydrogen-bond acceptors (Lipinski definition) is 5. The number of nitrogens with zero attached hydrogens (tertiary/aromatic N) is 5. The number of amides is 1. The lowest BCUT2D eigenvalue weighted by atomic mass is 10.1. The molecular formula is C22H19ClN6O3. The lowest BCUT2D eigenvalue weighted by molar-refractivity contribution is -0.389. The summed E-state index contributed by atoms with van der Waals surface area (Å²) in [5, 5.41) is 21.9. The van der Waals surface area contributed by atoms with Crippen LogP contribution >= 0.6 is 11.6 Å². The number of carbonyl (C=O) groups excluding carboxylic acids is 1. The SMILES string of the molecule is Cc1cccc(Cn2ccc(NC(=O)c3ccc(Cn4cc(Cl)c([N+](=O)[O-])n4)cc3)n2)c1. The summed E-state index contributed by atoms with van der Waals surface area (Å²) in [6.45, 7) is 2.94. The minimum atomic E-state index is -0.630. The van der Waals surface area contributed by atoms with Crippen LogP contribution in [0.3, 0.4) is 0 Å². The molecule has 4 aromatic rings. The Morgan fingerprint density at radius 2 is 1.81 bits per heavy atom. The lowest BCUT2D eigenvalue weighted by Crippen LogP contribution is -2.13. The summed E-state index contributed by atoms with van der Waals surface area (Å²) in [6.07, 6.45) is 3.21. The highest BCUT2D eigenvalue weighted by atomic mass is 35.5. The zero-order valence-electron chi connectivity index (χ0n) is 17.1. The van der Waals surface area contributed by atoms with Crippen molar-refractivity contribution in [3.05, 3.63) is 104 Å². The molecule has 1 N–H and O–H groups in total. The van der Waals surface area contributed by atoms with Gasteiger partial charge in [-0.3, -0.25) is 9.48 Å². The second-order valence-corrected chi connectivity index (χ2v) is 7.70. The maximum absolute atomic E-state index is 12.5. The van der Waals surface area contributed by atoms with Gasteiger partial charge in [0.25, 0.3) is 5.91 Å². The van der Waals surface area contributed by atoms with Crippen molar-refractivity contribution in [1.82, 2.24) is 19.6 Å². The van der Waals surface area contributed by atoms with Crippen LogP contribution in [0.4, 0.5) is 11.6 Å². The predicted octanol–water partition coefficient (Wildman–Crippen LogP) is 4.30. The molecule has 0 atom stereocenters. The van der Waals surface area contributed by atoms with Gasteiger partial charge in [-0.1, -0.05) is 53.6 Å². The van der Waals surface area contributed by atoms with Crippen molar-refractivity contribution in [2.45, 2.75) is 20.0 Å². The van der Waals surface area contributed by atoms with Crippen LogP contribution in [-0.4, -0.2) is 30.4 Å². The highest BCUT2D eigenvalue weighted by molar-refractivity contribution is 6.32. The van der Waals surface area contributed by atoms with E-state index in [1.54, 1.807) is 35.0 Å². The van der Waals surface area contributed by atoms with E-state index in [-0.39, 0.29) is 16.7 Å². The number of aromatic nitrogens is 4. The second-order valence-electron chi connectivity index (χ2n) is 7.29. The maximum Gasteiger partial charge on any atom is 0.408 e. The van der Waals surface area contributed by atoms with Crippen LogP contribution in [0.25, 0.3) is 0 Å². The van der Waals surface area contributed by atoms with Gasteiger partial charge in [-0.05, 0) is 35.1 Å². The van der Waals surface area contributed by atoms with Crippen molar-refractivity contribution in [1.29, 1.82) is 0 Å². The third kappa shape index (κ3) is 5.01. The first-order valence-electron chi connectivity index (χ1n) is 9.74. The van der Waals surface area contributed by atoms with Gasteiger partial charge < -0.3 is 15.4 Å². The summed E-state index contributed by atoms with van der Waals surface area (Å²) in [4.78, 5) is 22.8. The Balaban J connectivity index is 1.37. The molecule has 162 valence electrons. The Morgan fingerprint density at radius 3 is 2.50 bits per heavy atom. The van der Waals surface area contributed by atoms with E-state index in [9.17, 15) is 14.9 Å². The van der Waals surface area contributed by atoms with Crippen molar-refractivity contribution >= 4 is 29.1 Å². The lowest BCUT2D eigenvalue weighted by Gasteiger charge is -2.05. The molecule has 0 aliphatic heterocycles. The third-order valence-electron chi connectivity index (χ3n) is 4.74. The van der Waals surface area contributed by atoms with E-state index in [4.69, 9.17) is 11.6 Å². The maximum atomic E-state index is 12.5. The van der Waals surface area contributed by atoms with E-state index in [1.807, 2.05) is 31.3 Å². The molecule has 9 nitrogen and oxygen atoms in total. The first kappa shape index (κ1) is 21.3. The molecule has 0 spiro atoms. The fraction of sp³-hybridized carbons (Fsp3) is 0.136. The van der Waals surface area contributed by atoms with Gasteiger partial charge in [-0.2, -0.15) is 9.78 Å². The molecule has 0 bridgehead atoms. The van der Waals surface area contributed by atoms with Gasteiger partial charge in [0.2, 0.25) is 0 Å². The quantitative estimate of drug-likeness (QED) is 0.333. The number of nitrogens with one attached hydrogen (secondary N) is 1. The number of hydrogen-bond donors (Lipinski definition) is 1. The molecule has 0 saturated heterocycles. The second kappa shape index (κ2) is 9.03. The average Bonchev–Trinajstić information content (AvgIpc) is 3.34. The van der Waals surface area contributed by atoms with Crippen molar-refractivity contribution in [2.75, 3.05) is 5.32 Å². The van der Waals surface area contributed by atoms with E-state index < -0.39 is 4.92 Å². The monoisotopic (exact) mass is 450 g/mol. The van der Waals surface area contributed by atoms with Crippen molar-refractivity contribution in [3.8, 4) is 0 Å². The molecule has 0 saturated carbocycles. The molecule has 4 rings (SSSR count). The Labute approximate surface area is 188 Å². The molecular weight excluding hydrogens is 432 g/mol. The largest absolute Gasteiger partial charge is 0.408 e. The van der Waals surface area contributed by atoms with Gasteiger partial charge in [0.15, 0.2) is 10.8 Å². The Morgan fingerprint density at radius 1 is 1.06 bits per heavy atom. The molecule has 2 aromatic heterocycles. The predicted molar refractivity (Wildman–Crippen MR) is 120 cm³/mol. The third-order valence-corrected chi connectivity index (χ3v) is 5.01. The van der Waals surface area contributed by atoms with Crippen LogP contribution in [0.1, 0.15) is 27.0 Å². The molecule has 0 fully saturated rings. The standard InChI is InChI=1S/C22H19ClN6O3/c1-15-3-2-4-17(11-15)13-27-10-9-20(25-27)24-22(30)18-7-5-16(6-8-18)12-28-14-19(23)21(26-28)29(31)32/h2-11,14H,12-13H2,1H3,(H,24,25,30). The number of rotatable bonds is 7. The molecule has 10 heteroatoms. The summed E-state index contributed by atoms with van der Waals surface area (Å²) >= 11 is 5.82. The van der Waals surface area contributed by atoms with Crippen molar-refractivity contribution < 1.29 is 9.72 Å². The van der Waals surface area contributed by atoms with Gasteiger partial charge in [-0.25, -0.2) is 0 Å². The fourth-order valence-corrected chi connectivity index (χ4v) is 3.46. The van der Waals surface area contributed by atoms with Crippen LogP contribution < -0.4 is 5.32 Å². The van der Waals surface area contributed by atoms with Gasteiger partial charge in [0.05, 0.1) is 24.4 Å². The summed E-state index contributed by atoms with van der Waals surface area (Å²) in [6, 6.07) is 16.8. The molecule has 0 aliphatic carbocycles. The fourth-order valence-electron chi connectivity index (χ4n) is 3.24.